The van der Waals surface area contributed by atoms with E-state index in [2.05, 4.69) is 16.2 Å². The lowest BCUT2D eigenvalue weighted by Crippen LogP contribution is -1.93. The molecule has 2 rings (SSSR count). The van der Waals surface area contributed by atoms with Crippen LogP contribution in [0.3, 0.4) is 0 Å². The maximum absolute atomic E-state index is 8.56. The second kappa shape index (κ2) is 6.05. The van der Waals surface area contributed by atoms with Crippen molar-refractivity contribution in [2.75, 3.05) is 0 Å². The van der Waals surface area contributed by atoms with Crippen molar-refractivity contribution in [2.24, 2.45) is 0 Å². The van der Waals surface area contributed by atoms with E-state index in [9.17, 15) is 0 Å². The smallest absolute Gasteiger partial charge is 0.229 e. The van der Waals surface area contributed by atoms with Gasteiger partial charge in [-0.1, -0.05) is 35.3 Å². The molecule has 1 unspecified atom stereocenters. The van der Waals surface area contributed by atoms with E-state index < -0.39 is 0 Å². The molecule has 0 saturated heterocycles. The number of hydrogen-bond donors (Lipinski definition) is 0. The second-order valence-electron chi connectivity index (χ2n) is 4.21. The fourth-order valence-corrected chi connectivity index (χ4v) is 2.17. The van der Waals surface area contributed by atoms with Gasteiger partial charge in [-0.05, 0) is 24.6 Å². The van der Waals surface area contributed by atoms with Crippen LogP contribution in [-0.2, 0) is 0 Å². The Labute approximate surface area is 120 Å². The molecule has 19 heavy (non-hydrogen) atoms. The van der Waals surface area contributed by atoms with E-state index in [0.29, 0.717) is 40.2 Å². The van der Waals surface area contributed by atoms with Gasteiger partial charge in [0.25, 0.3) is 0 Å². The van der Waals surface area contributed by atoms with Gasteiger partial charge in [0, 0.05) is 27.9 Å². The average Bonchev–Trinajstić information content (AvgIpc) is 2.84. The van der Waals surface area contributed by atoms with Gasteiger partial charge in [-0.25, -0.2) is 0 Å². The van der Waals surface area contributed by atoms with E-state index in [1.165, 1.54) is 0 Å². The molecule has 0 aliphatic carbocycles. The summed E-state index contributed by atoms with van der Waals surface area (Å²) in [5.41, 5.74) is 0.708. The summed E-state index contributed by atoms with van der Waals surface area (Å²) in [7, 11) is 0. The Morgan fingerprint density at radius 3 is 2.63 bits per heavy atom. The van der Waals surface area contributed by atoms with Gasteiger partial charge < -0.3 is 4.52 Å². The third-order valence-electron chi connectivity index (χ3n) is 2.67. The quantitative estimate of drug-likeness (QED) is 0.836. The molecule has 6 heteroatoms. The highest BCUT2D eigenvalue weighted by Gasteiger charge is 2.15. The second-order valence-corrected chi connectivity index (χ2v) is 5.09. The highest BCUT2D eigenvalue weighted by atomic mass is 35.5. The van der Waals surface area contributed by atoms with Crippen molar-refractivity contribution in [1.82, 2.24) is 10.1 Å². The standard InChI is InChI=1S/C13H11Cl2N3O/c1-8(3-2-4-16)13-17-12(18-19-13)9-5-10(14)7-11(15)6-9/h5-8H,2-3H2,1H3. The van der Waals surface area contributed by atoms with E-state index in [4.69, 9.17) is 33.0 Å². The van der Waals surface area contributed by atoms with Gasteiger partial charge in [0.2, 0.25) is 11.7 Å². The predicted molar refractivity (Wildman–Crippen MR) is 73.0 cm³/mol. The lowest BCUT2D eigenvalue weighted by atomic mass is 10.1. The number of nitrogens with zero attached hydrogens (tertiary/aromatic N) is 3. The van der Waals surface area contributed by atoms with Crippen LogP contribution in [0.5, 0.6) is 0 Å². The molecule has 0 aliphatic heterocycles. The van der Waals surface area contributed by atoms with Crippen LogP contribution in [0, 0.1) is 11.3 Å². The first-order valence-electron chi connectivity index (χ1n) is 5.77. The molecule has 0 amide bonds. The third kappa shape index (κ3) is 3.46. The van der Waals surface area contributed by atoms with E-state index in [1.54, 1.807) is 18.2 Å². The van der Waals surface area contributed by atoms with E-state index >= 15 is 0 Å². The normalized spacial score (nSPS) is 12.1. The monoisotopic (exact) mass is 295 g/mol. The number of halogens is 2. The van der Waals surface area contributed by atoms with Gasteiger partial charge in [0.15, 0.2) is 0 Å². The minimum absolute atomic E-state index is 0.0514. The Hall–Kier alpha value is -1.57. The predicted octanol–water partition coefficient (Wildman–Crippen LogP) is 4.45. The summed E-state index contributed by atoms with van der Waals surface area (Å²) in [4.78, 5) is 4.31. The first kappa shape index (κ1) is 13.9. The molecular weight excluding hydrogens is 285 g/mol. The summed E-state index contributed by atoms with van der Waals surface area (Å²) in [5.74, 6) is 1.01. The Kier molecular flexibility index (Phi) is 4.41. The fraction of sp³-hybridized carbons (Fsp3) is 0.308. The lowest BCUT2D eigenvalue weighted by molar-refractivity contribution is 0.355. The van der Waals surface area contributed by atoms with Crippen molar-refractivity contribution in [3.8, 4) is 17.5 Å². The maximum atomic E-state index is 8.56. The summed E-state index contributed by atoms with van der Waals surface area (Å²) in [5, 5.41) is 13.5. The minimum atomic E-state index is 0.0514. The van der Waals surface area contributed by atoms with Crippen LogP contribution in [-0.4, -0.2) is 10.1 Å². The molecule has 0 radical (unpaired) electrons. The molecular formula is C13H11Cl2N3O. The third-order valence-corrected chi connectivity index (χ3v) is 3.11. The molecule has 0 saturated carbocycles. The molecule has 0 spiro atoms. The summed E-state index contributed by atoms with van der Waals surface area (Å²) in [6.07, 6.45) is 1.15. The fourth-order valence-electron chi connectivity index (χ4n) is 1.64. The van der Waals surface area contributed by atoms with Gasteiger partial charge in [-0.15, -0.1) is 0 Å². The number of rotatable bonds is 4. The van der Waals surface area contributed by atoms with Crippen molar-refractivity contribution < 1.29 is 4.52 Å². The molecule has 0 fully saturated rings. The molecule has 1 aromatic carbocycles. The number of nitriles is 1. The van der Waals surface area contributed by atoms with Crippen LogP contribution in [0.2, 0.25) is 10.0 Å². The van der Waals surface area contributed by atoms with Crippen LogP contribution in [0.4, 0.5) is 0 Å². The van der Waals surface area contributed by atoms with Crippen molar-refractivity contribution in [2.45, 2.75) is 25.7 Å². The van der Waals surface area contributed by atoms with Gasteiger partial charge in [-0.2, -0.15) is 10.2 Å². The molecule has 0 N–H and O–H groups in total. The number of hydrogen-bond acceptors (Lipinski definition) is 4. The molecule has 4 nitrogen and oxygen atoms in total. The molecule has 2 aromatic rings. The minimum Gasteiger partial charge on any atom is -0.339 e. The number of benzene rings is 1. The van der Waals surface area contributed by atoms with Crippen LogP contribution >= 0.6 is 23.2 Å². The highest BCUT2D eigenvalue weighted by molar-refractivity contribution is 6.35. The molecule has 1 atom stereocenters. The Bertz CT molecular complexity index is 598. The molecule has 98 valence electrons. The zero-order chi connectivity index (χ0) is 13.8. The zero-order valence-electron chi connectivity index (χ0n) is 10.2. The average molecular weight is 296 g/mol. The first-order chi connectivity index (χ1) is 9.10. The van der Waals surface area contributed by atoms with Crippen LogP contribution in [0.25, 0.3) is 11.4 Å². The Morgan fingerprint density at radius 2 is 2.00 bits per heavy atom. The highest BCUT2D eigenvalue weighted by Crippen LogP contribution is 2.27. The summed E-state index contributed by atoms with van der Waals surface area (Å²) >= 11 is 11.9. The largest absolute Gasteiger partial charge is 0.339 e. The van der Waals surface area contributed by atoms with E-state index in [-0.39, 0.29) is 5.92 Å². The Morgan fingerprint density at radius 1 is 1.32 bits per heavy atom. The SMILES string of the molecule is CC(CCC#N)c1nc(-c2cc(Cl)cc(Cl)c2)no1. The van der Waals surface area contributed by atoms with Gasteiger partial charge >= 0.3 is 0 Å². The molecule has 0 aliphatic rings. The van der Waals surface area contributed by atoms with Crippen molar-refractivity contribution in [3.63, 3.8) is 0 Å². The van der Waals surface area contributed by atoms with E-state index in [0.717, 1.165) is 0 Å². The molecule has 1 heterocycles. The van der Waals surface area contributed by atoms with Gasteiger partial charge in [0.05, 0.1) is 6.07 Å². The lowest BCUT2D eigenvalue weighted by Gasteiger charge is -2.01. The summed E-state index contributed by atoms with van der Waals surface area (Å²) < 4.78 is 5.20. The van der Waals surface area contributed by atoms with E-state index in [1.807, 2.05) is 6.92 Å². The molecule has 1 aromatic heterocycles. The first-order valence-corrected chi connectivity index (χ1v) is 6.52. The van der Waals surface area contributed by atoms with Crippen molar-refractivity contribution in [3.05, 3.63) is 34.1 Å². The summed E-state index contributed by atoms with van der Waals surface area (Å²) in [6.45, 7) is 1.94. The molecule has 0 bridgehead atoms. The maximum Gasteiger partial charge on any atom is 0.229 e. The van der Waals surface area contributed by atoms with Gasteiger partial charge in [0.1, 0.15) is 0 Å². The van der Waals surface area contributed by atoms with Crippen LogP contribution < -0.4 is 0 Å². The van der Waals surface area contributed by atoms with Crippen LogP contribution in [0.15, 0.2) is 22.7 Å². The Balaban J connectivity index is 2.23. The summed E-state index contributed by atoms with van der Waals surface area (Å²) in [6, 6.07) is 7.19. The van der Waals surface area contributed by atoms with Gasteiger partial charge in [-0.3, -0.25) is 0 Å². The number of aromatic nitrogens is 2. The zero-order valence-corrected chi connectivity index (χ0v) is 11.7. The topological polar surface area (TPSA) is 62.7 Å². The van der Waals surface area contributed by atoms with Crippen LogP contribution in [0.1, 0.15) is 31.6 Å². The van der Waals surface area contributed by atoms with Crippen molar-refractivity contribution in [1.29, 1.82) is 5.26 Å². The van der Waals surface area contributed by atoms with Crippen molar-refractivity contribution >= 4 is 23.2 Å².